The maximum absolute atomic E-state index is 14.1. The van der Waals surface area contributed by atoms with Gasteiger partial charge >= 0.3 is 252 Å². The third-order valence-electron chi connectivity index (χ3n) is 22.3. The molecule has 4 amide bonds. The molecule has 0 bridgehead atoms. The summed E-state index contributed by atoms with van der Waals surface area (Å²) >= 11 is 12.7. The number of rotatable bonds is 43. The summed E-state index contributed by atoms with van der Waals surface area (Å²) in [7, 11) is 0. The van der Waals surface area contributed by atoms with E-state index in [4.69, 9.17) is 18.9 Å². The van der Waals surface area contributed by atoms with Gasteiger partial charge in [0.15, 0.2) is 0 Å². The number of carbonyl (C=O) groups is 4. The third kappa shape index (κ3) is 22.3. The van der Waals surface area contributed by atoms with Crippen LogP contribution >= 0.6 is 99.9 Å². The smallest absolute Gasteiger partial charge is 0.263 e. The van der Waals surface area contributed by atoms with Crippen LogP contribution in [0.25, 0.3) is 50.1 Å². The first kappa shape index (κ1) is 91.2. The second kappa shape index (κ2) is 43.1. The Morgan fingerprint density at radius 2 is 0.657 bits per heavy atom. The molecule has 0 saturated carbocycles. The molecule has 2 aliphatic heterocycles. The summed E-state index contributed by atoms with van der Waals surface area (Å²) in [4.78, 5) is 75.0. The summed E-state index contributed by atoms with van der Waals surface area (Å²) in [6.07, 6.45) is 27.9. The van der Waals surface area contributed by atoms with Crippen LogP contribution in [0.2, 0.25) is 29.6 Å². The van der Waals surface area contributed by atoms with Crippen LogP contribution in [-0.2, 0) is 0 Å². The molecule has 0 fully saturated rings. The van der Waals surface area contributed by atoms with Gasteiger partial charge in [-0.2, -0.15) is 0 Å². The van der Waals surface area contributed by atoms with Gasteiger partial charge in [0.2, 0.25) is 0 Å². The van der Waals surface area contributed by atoms with Gasteiger partial charge in [-0.3, -0.25) is 29.0 Å². The Labute approximate surface area is 699 Å². The molecule has 10 nitrogen and oxygen atoms in total. The first-order chi connectivity index (χ1) is 51.6. The molecule has 2 aromatic carbocycles. The van der Waals surface area contributed by atoms with Crippen LogP contribution in [-0.4, -0.2) is 110 Å². The quantitative estimate of drug-likeness (QED) is 0.0274. The van der Waals surface area contributed by atoms with Crippen molar-refractivity contribution in [3.63, 3.8) is 0 Å². The summed E-state index contributed by atoms with van der Waals surface area (Å²) in [5, 5.41) is 4.82. The van der Waals surface area contributed by atoms with Crippen molar-refractivity contribution >= 4 is 206 Å². The molecular formula is C88H130Br2N2O8S6Sn2. The van der Waals surface area contributed by atoms with E-state index >= 15 is 0 Å². The predicted molar refractivity (Wildman–Crippen MR) is 485 cm³/mol. The van der Waals surface area contributed by atoms with Crippen LogP contribution in [0.4, 0.5) is 0 Å². The van der Waals surface area contributed by atoms with Crippen LogP contribution in [0.3, 0.4) is 0 Å². The Morgan fingerprint density at radius 3 is 0.991 bits per heavy atom. The average Bonchev–Trinajstić information content (AvgIpc) is 1.57. The topological polar surface area (TPSA) is 112 Å². The minimum absolute atomic E-state index is 0.125. The van der Waals surface area contributed by atoms with Gasteiger partial charge in [-0.1, -0.05) is 132 Å². The molecule has 6 unspecified atom stereocenters. The number of halogens is 2. The number of aryl methyl sites for hydroxylation is 2. The second-order valence-electron chi connectivity index (χ2n) is 32.8. The summed E-state index contributed by atoms with van der Waals surface area (Å²) in [6, 6.07) is 9.51. The van der Waals surface area contributed by atoms with Crippen molar-refractivity contribution in [1.29, 1.82) is 0 Å². The molecule has 0 spiro atoms. The second-order valence-corrected chi connectivity index (χ2v) is 72.9. The van der Waals surface area contributed by atoms with Crippen molar-refractivity contribution in [2.45, 2.75) is 281 Å². The maximum atomic E-state index is 14.1. The van der Waals surface area contributed by atoms with Crippen LogP contribution in [0.5, 0.6) is 23.0 Å². The largest absolute Gasteiger partial charge is 0.491 e. The number of unbranched alkanes of at least 4 members (excludes halogenated alkanes) is 6. The molecule has 20 heteroatoms. The molecule has 0 N–H and O–H groups in total. The van der Waals surface area contributed by atoms with Gasteiger partial charge in [0, 0.05) is 38.5 Å². The molecule has 6 atom stereocenters. The number of hydrogen-bond donors (Lipinski definition) is 0. The number of thiophene rings is 6. The number of benzene rings is 2. The molecule has 0 radical (unpaired) electrons. The molecule has 10 rings (SSSR count). The number of nitrogens with zero attached hydrogens (tertiary/aromatic N) is 2. The van der Waals surface area contributed by atoms with Gasteiger partial charge in [0.05, 0.1) is 57.3 Å². The van der Waals surface area contributed by atoms with Crippen molar-refractivity contribution < 1.29 is 38.1 Å². The molecule has 8 aromatic rings. The van der Waals surface area contributed by atoms with Crippen LogP contribution in [0.15, 0.2) is 31.8 Å². The predicted octanol–water partition coefficient (Wildman–Crippen LogP) is 28.9. The monoisotopic (exact) mass is 1930 g/mol. The molecule has 0 aliphatic carbocycles. The first-order valence-corrected chi connectivity index (χ1v) is 68.0. The fourth-order valence-corrected chi connectivity index (χ4v) is 34.0. The Kier molecular flexibility index (Phi) is 36.4. The summed E-state index contributed by atoms with van der Waals surface area (Å²) in [6.45, 7) is 35.1. The number of fused-ring (bicyclic) bond motifs is 6. The number of amides is 4. The minimum Gasteiger partial charge on any atom is -0.491 e. The molecule has 0 saturated heterocycles. The van der Waals surface area contributed by atoms with Gasteiger partial charge in [-0.25, -0.2) is 0 Å². The third-order valence-corrected chi connectivity index (χ3v) is 49.4. The SMILES string of the molecule is CCCCC(CC)CN1C(=O)c2c(Br)sc(Br)c2C1=O.CCCCC(CC)COc1c2c[c]([Sn]([CH3])([CH3])[CH3])sc2c(OCC(CC)CCCC)c2c[c]([Sn]([CH3])([CH3])[CH3])sc12.CCCCC(CC)COc1c2cc(-c3sc(C)c4c3C(=O)N(CC(CC)CCCC)C4=O)sc2c(OCC(CC)CCCC)c2cc(C)sc12. The van der Waals surface area contributed by atoms with Crippen LogP contribution in [0, 0.1) is 49.4 Å². The fourth-order valence-electron chi connectivity index (χ4n) is 14.7. The van der Waals surface area contributed by atoms with Crippen molar-refractivity contribution in [2.75, 3.05) is 39.5 Å². The molecule has 108 heavy (non-hydrogen) atoms. The number of carbonyl (C=O) groups excluding carboxylic acids is 4. The first-order valence-electron chi connectivity index (χ1n) is 41.5. The van der Waals surface area contributed by atoms with Crippen molar-refractivity contribution in [3.05, 3.63) is 63.8 Å². The van der Waals surface area contributed by atoms with Crippen molar-refractivity contribution in [3.8, 4) is 32.8 Å². The zero-order chi connectivity index (χ0) is 78.9. The van der Waals surface area contributed by atoms with Crippen LogP contribution < -0.4 is 24.7 Å². The zero-order valence-electron chi connectivity index (χ0n) is 69.4. The van der Waals surface area contributed by atoms with Gasteiger partial charge < -0.3 is 9.47 Å². The Hall–Kier alpha value is -2.28. The normalized spacial score (nSPS) is 14.9. The number of ether oxygens (including phenoxy) is 4. The van der Waals surface area contributed by atoms with E-state index in [-0.39, 0.29) is 23.6 Å². The number of imide groups is 2. The van der Waals surface area contributed by atoms with Gasteiger partial charge in [0.1, 0.15) is 11.5 Å². The molecular weight excluding hydrogens is 1800 g/mol. The maximum Gasteiger partial charge on any atom is 0.263 e. The Morgan fingerprint density at radius 1 is 0.361 bits per heavy atom. The van der Waals surface area contributed by atoms with Gasteiger partial charge in [-0.05, 0) is 107 Å². The zero-order valence-corrected chi connectivity index (χ0v) is 83.1. The summed E-state index contributed by atoms with van der Waals surface area (Å²) < 4.78 is 37.2. The van der Waals surface area contributed by atoms with E-state index in [9.17, 15) is 19.2 Å². The van der Waals surface area contributed by atoms with Gasteiger partial charge in [-0.15, -0.1) is 45.3 Å². The average molecular weight is 1930 g/mol. The van der Waals surface area contributed by atoms with Crippen molar-refractivity contribution in [1.82, 2.24) is 9.80 Å². The molecule has 6 aromatic heterocycles. The van der Waals surface area contributed by atoms with Crippen molar-refractivity contribution in [2.24, 2.45) is 35.5 Å². The van der Waals surface area contributed by atoms with E-state index in [0.29, 0.717) is 84.1 Å². The summed E-state index contributed by atoms with van der Waals surface area (Å²) in [5.74, 6) is 6.58. The Bertz CT molecular complexity index is 4020. The summed E-state index contributed by atoms with van der Waals surface area (Å²) in [5.41, 5.74) is 2.24. The van der Waals surface area contributed by atoms with Gasteiger partial charge in [0.25, 0.3) is 23.6 Å². The molecule has 2 aliphatic rings. The van der Waals surface area contributed by atoms with E-state index in [0.717, 1.165) is 143 Å². The van der Waals surface area contributed by atoms with E-state index in [2.05, 4.69) is 176 Å². The van der Waals surface area contributed by atoms with E-state index in [1.807, 2.05) is 29.6 Å². The number of hydrogen-bond acceptors (Lipinski definition) is 14. The van der Waals surface area contributed by atoms with Crippen LogP contribution in [0.1, 0.15) is 288 Å². The minimum atomic E-state index is -2.28. The molecule has 598 valence electrons. The van der Waals surface area contributed by atoms with E-state index < -0.39 is 36.8 Å². The fraction of sp³-hybridized carbons (Fsp3) is 0.636. The standard InChI is InChI=1S/C42H59NO4S3.C26H36O2S2.C14H17Br2NO2S.6CH3.2Sn/c1-9-15-18-28(12-4)23-43-41(44)34-27(8)49-40(35(34)42(43)45)33-22-32-37(47-25-30(14-6)20-17-11-3)38-31(21-26(7)48-38)36(39(32)50-33)46-24-29(13-5)19-16-10-2;1-5-9-11-19(7-3)17-27-23-21-13-15-30-26(21)24(22-14-16-29-25(22)23)28-18-20(8-4)12-10-6-2;1-3-5-6-8(4-2)7-17-13(18)9-10(14(17)19)12(16)20-11(9)15;;;;;;;;/h21-22,28-30H,9-20,23-25H2,1-8H3;13-14,19-20H,5-12,17-18H2,1-4H3;8H,3-7H2,1-2H3;6*1H3;;. The van der Waals surface area contributed by atoms with E-state index in [1.54, 1.807) is 39.8 Å². The van der Waals surface area contributed by atoms with E-state index in [1.165, 1.54) is 136 Å². The Balaban J connectivity index is 0.000000222. The molecule has 8 heterocycles.